The zero-order valence-corrected chi connectivity index (χ0v) is 14.3. The first kappa shape index (κ1) is 17.7. The van der Waals surface area contributed by atoms with E-state index in [-0.39, 0.29) is 24.2 Å². The van der Waals surface area contributed by atoms with Gasteiger partial charge in [0, 0.05) is 4.47 Å². The van der Waals surface area contributed by atoms with Gasteiger partial charge in [-0.3, -0.25) is 4.79 Å². The van der Waals surface area contributed by atoms with Crippen molar-refractivity contribution in [3.63, 3.8) is 0 Å². The van der Waals surface area contributed by atoms with Gasteiger partial charge >= 0.3 is 5.97 Å². The van der Waals surface area contributed by atoms with Gasteiger partial charge in [0.1, 0.15) is 6.04 Å². The number of carbonyl (C=O) groups is 2. The molecule has 0 saturated heterocycles. The molecule has 0 aromatic heterocycles. The Balaban J connectivity index is 2.50. The molecule has 21 heavy (non-hydrogen) atoms. The first-order valence-electron chi connectivity index (χ1n) is 7.12. The van der Waals surface area contributed by atoms with Crippen molar-refractivity contribution in [1.29, 1.82) is 0 Å². The van der Waals surface area contributed by atoms with Crippen molar-refractivity contribution in [2.45, 2.75) is 39.7 Å². The topological polar surface area (TPSA) is 55.4 Å². The van der Waals surface area contributed by atoms with Gasteiger partial charge in [0.2, 0.25) is 5.91 Å². The second kappa shape index (κ2) is 8.82. The maximum absolute atomic E-state index is 12.0. The molecule has 1 rings (SSSR count). The average molecular weight is 356 g/mol. The molecule has 0 aliphatic carbocycles. The maximum atomic E-state index is 12.0. The third kappa shape index (κ3) is 6.76. The van der Waals surface area contributed by atoms with Crippen molar-refractivity contribution in [3.8, 4) is 0 Å². The number of benzene rings is 1. The summed E-state index contributed by atoms with van der Waals surface area (Å²) in [4.78, 5) is 23.8. The van der Waals surface area contributed by atoms with Gasteiger partial charge < -0.3 is 10.1 Å². The number of hydrogen-bond acceptors (Lipinski definition) is 3. The number of carbonyl (C=O) groups excluding carboxylic acids is 2. The second-order valence-electron chi connectivity index (χ2n) is 5.36. The van der Waals surface area contributed by atoms with E-state index in [0.29, 0.717) is 13.0 Å². The number of hydrogen-bond donors (Lipinski definition) is 1. The molecular formula is C16H22BrNO3. The Morgan fingerprint density at radius 3 is 2.38 bits per heavy atom. The quantitative estimate of drug-likeness (QED) is 0.764. The Morgan fingerprint density at radius 1 is 1.24 bits per heavy atom. The first-order valence-corrected chi connectivity index (χ1v) is 7.92. The summed E-state index contributed by atoms with van der Waals surface area (Å²) in [5.41, 5.74) is 0.904. The minimum Gasteiger partial charge on any atom is -0.464 e. The summed E-state index contributed by atoms with van der Waals surface area (Å²) >= 11 is 3.35. The highest BCUT2D eigenvalue weighted by Crippen LogP contribution is 2.11. The molecule has 1 atom stereocenters. The molecule has 116 valence electrons. The largest absolute Gasteiger partial charge is 0.464 e. The van der Waals surface area contributed by atoms with E-state index in [1.54, 1.807) is 0 Å². The van der Waals surface area contributed by atoms with E-state index >= 15 is 0 Å². The molecule has 0 fully saturated rings. The fraction of sp³-hybridized carbons (Fsp3) is 0.500. The van der Waals surface area contributed by atoms with Gasteiger partial charge in [0.15, 0.2) is 0 Å². The summed E-state index contributed by atoms with van der Waals surface area (Å²) in [5, 5.41) is 2.73. The summed E-state index contributed by atoms with van der Waals surface area (Å²) in [7, 11) is 0. The van der Waals surface area contributed by atoms with Crippen LogP contribution in [0.5, 0.6) is 0 Å². The van der Waals surface area contributed by atoms with Crippen LogP contribution in [0, 0.1) is 5.92 Å². The fourth-order valence-corrected chi connectivity index (χ4v) is 1.97. The minimum atomic E-state index is -0.577. The zero-order chi connectivity index (χ0) is 15.8. The van der Waals surface area contributed by atoms with Crippen LogP contribution >= 0.6 is 15.9 Å². The van der Waals surface area contributed by atoms with E-state index in [1.807, 2.05) is 45.0 Å². The monoisotopic (exact) mass is 355 g/mol. The fourth-order valence-electron chi connectivity index (χ4n) is 1.71. The highest BCUT2D eigenvalue weighted by molar-refractivity contribution is 9.10. The molecule has 5 heteroatoms. The highest BCUT2D eigenvalue weighted by Gasteiger charge is 2.20. The summed E-state index contributed by atoms with van der Waals surface area (Å²) in [6.07, 6.45) is 0.768. The Bertz CT molecular complexity index is 471. The number of rotatable bonds is 7. The van der Waals surface area contributed by atoms with Crippen LogP contribution in [0.4, 0.5) is 0 Å². The molecule has 0 aliphatic heterocycles. The lowest BCUT2D eigenvalue weighted by molar-refractivity contribution is -0.149. The van der Waals surface area contributed by atoms with Crippen LogP contribution in [0.3, 0.4) is 0 Å². The molecule has 0 aliphatic rings. The highest BCUT2D eigenvalue weighted by atomic mass is 79.9. The third-order valence-corrected chi connectivity index (χ3v) is 3.39. The first-order chi connectivity index (χ1) is 9.92. The summed E-state index contributed by atoms with van der Waals surface area (Å²) < 4.78 is 6.13. The summed E-state index contributed by atoms with van der Waals surface area (Å²) in [6, 6.07) is 6.95. The molecule has 0 radical (unpaired) electrons. The van der Waals surface area contributed by atoms with Crippen LogP contribution in [0.2, 0.25) is 0 Å². The maximum Gasteiger partial charge on any atom is 0.328 e. The SMILES string of the molecule is CCC(NC(=O)Cc1ccc(Br)cc1)C(=O)OCC(C)C. The molecular weight excluding hydrogens is 334 g/mol. The van der Waals surface area contributed by atoms with E-state index in [0.717, 1.165) is 10.0 Å². The van der Waals surface area contributed by atoms with Crippen LogP contribution < -0.4 is 5.32 Å². The van der Waals surface area contributed by atoms with Crippen molar-refractivity contribution in [3.05, 3.63) is 34.3 Å². The van der Waals surface area contributed by atoms with E-state index in [9.17, 15) is 9.59 Å². The molecule has 1 amide bonds. The second-order valence-corrected chi connectivity index (χ2v) is 6.27. The Hall–Kier alpha value is -1.36. The van der Waals surface area contributed by atoms with E-state index in [1.165, 1.54) is 0 Å². The van der Waals surface area contributed by atoms with Gasteiger partial charge in [-0.25, -0.2) is 4.79 Å². The normalized spacial score (nSPS) is 12.0. The van der Waals surface area contributed by atoms with Crippen LogP contribution in [-0.4, -0.2) is 24.5 Å². The van der Waals surface area contributed by atoms with Crippen molar-refractivity contribution >= 4 is 27.8 Å². The van der Waals surface area contributed by atoms with Crippen LogP contribution in [0.1, 0.15) is 32.8 Å². The van der Waals surface area contributed by atoms with Gasteiger partial charge in [0.25, 0.3) is 0 Å². The minimum absolute atomic E-state index is 0.175. The lowest BCUT2D eigenvalue weighted by Crippen LogP contribution is -2.42. The van der Waals surface area contributed by atoms with Gasteiger partial charge in [-0.05, 0) is 30.0 Å². The average Bonchev–Trinajstić information content (AvgIpc) is 2.44. The molecule has 0 saturated carbocycles. The van der Waals surface area contributed by atoms with Crippen molar-refractivity contribution < 1.29 is 14.3 Å². The number of nitrogens with one attached hydrogen (secondary N) is 1. The third-order valence-electron chi connectivity index (χ3n) is 2.86. The van der Waals surface area contributed by atoms with E-state index in [4.69, 9.17) is 4.74 Å². The van der Waals surface area contributed by atoms with Gasteiger partial charge in [-0.2, -0.15) is 0 Å². The Labute approximate surface area is 134 Å². The lowest BCUT2D eigenvalue weighted by Gasteiger charge is -2.17. The molecule has 1 aromatic rings. The smallest absolute Gasteiger partial charge is 0.328 e. The molecule has 0 spiro atoms. The van der Waals surface area contributed by atoms with Crippen LogP contribution in [0.25, 0.3) is 0 Å². The lowest BCUT2D eigenvalue weighted by atomic mass is 10.1. The van der Waals surface area contributed by atoms with Gasteiger partial charge in [0.05, 0.1) is 13.0 Å². The molecule has 0 heterocycles. The Morgan fingerprint density at radius 2 is 1.86 bits per heavy atom. The molecule has 1 N–H and O–H groups in total. The Kier molecular flexibility index (Phi) is 7.43. The van der Waals surface area contributed by atoms with Gasteiger partial charge in [-0.15, -0.1) is 0 Å². The van der Waals surface area contributed by atoms with Crippen molar-refractivity contribution in [1.82, 2.24) is 5.32 Å². The molecule has 4 nitrogen and oxygen atoms in total. The summed E-state index contributed by atoms with van der Waals surface area (Å²) in [5.74, 6) is -0.258. The van der Waals surface area contributed by atoms with Crippen molar-refractivity contribution in [2.75, 3.05) is 6.61 Å². The van der Waals surface area contributed by atoms with Crippen LogP contribution in [0.15, 0.2) is 28.7 Å². The number of halogens is 1. The van der Waals surface area contributed by atoms with E-state index < -0.39 is 6.04 Å². The van der Waals surface area contributed by atoms with Gasteiger partial charge in [-0.1, -0.05) is 48.8 Å². The van der Waals surface area contributed by atoms with Crippen molar-refractivity contribution in [2.24, 2.45) is 5.92 Å². The van der Waals surface area contributed by atoms with Crippen LogP contribution in [-0.2, 0) is 20.7 Å². The number of amides is 1. The predicted octanol–water partition coefficient (Wildman–Crippen LogP) is 3.09. The molecule has 1 unspecified atom stereocenters. The summed E-state index contributed by atoms with van der Waals surface area (Å²) in [6.45, 7) is 6.17. The molecule has 0 bridgehead atoms. The standard InChI is InChI=1S/C16H22BrNO3/c1-4-14(16(20)21-10-11(2)3)18-15(19)9-12-5-7-13(17)8-6-12/h5-8,11,14H,4,9-10H2,1-3H3,(H,18,19). The zero-order valence-electron chi connectivity index (χ0n) is 12.7. The van der Waals surface area contributed by atoms with E-state index in [2.05, 4.69) is 21.2 Å². The predicted molar refractivity (Wildman–Crippen MR) is 85.9 cm³/mol. The number of esters is 1. The number of ether oxygens (including phenoxy) is 1. The molecule has 1 aromatic carbocycles.